The van der Waals surface area contributed by atoms with Crippen LogP contribution in [0.25, 0.3) is 0 Å². The monoisotopic (exact) mass is 300 g/mol. The molecule has 0 heterocycles. The number of aliphatic carboxylic acids is 1. The van der Waals surface area contributed by atoms with E-state index in [-0.39, 0.29) is 17.7 Å². The highest BCUT2D eigenvalue weighted by Gasteiger charge is 2.59. The fourth-order valence-corrected chi connectivity index (χ4v) is 5.74. The van der Waals surface area contributed by atoms with Crippen molar-refractivity contribution in [2.45, 2.75) is 37.5 Å². The number of carbonyl (C=O) groups is 1. The molecule has 0 atom stereocenters. The molecule has 5 rings (SSSR count). The summed E-state index contributed by atoms with van der Waals surface area (Å²) in [5.41, 5.74) is 2.11. The fraction of sp³-hybridized carbons (Fsp3) is 0.526. The maximum absolute atomic E-state index is 13.3. The normalized spacial score (nSPS) is 39.2. The van der Waals surface area contributed by atoms with Gasteiger partial charge in [0.2, 0.25) is 0 Å². The number of allylic oxidation sites excluding steroid dienone is 1. The summed E-state index contributed by atoms with van der Waals surface area (Å²) in [5.74, 6) is 0.931. The molecular weight excluding hydrogens is 279 g/mol. The van der Waals surface area contributed by atoms with Gasteiger partial charge in [0, 0.05) is 5.41 Å². The molecule has 4 fully saturated rings. The van der Waals surface area contributed by atoms with Gasteiger partial charge < -0.3 is 5.11 Å². The largest absolute Gasteiger partial charge is 0.481 e. The topological polar surface area (TPSA) is 37.3 Å². The number of hydrogen-bond acceptors (Lipinski definition) is 1. The zero-order valence-electron chi connectivity index (χ0n) is 12.6. The standard InChI is InChI=1S/C19H21FO2/c1-11-12-6-15-8-13(11)9-16(7-12)19(15,10-18(21)22)14-2-4-17(20)5-3-14/h2-5,12-13,15-16H,1,6-10H2,(H,21,22). The van der Waals surface area contributed by atoms with Crippen LogP contribution in [0.1, 0.15) is 37.7 Å². The quantitative estimate of drug-likeness (QED) is 0.851. The summed E-state index contributed by atoms with van der Waals surface area (Å²) in [7, 11) is 0. The molecular formula is C19H21FO2. The molecule has 0 saturated heterocycles. The Morgan fingerprint density at radius 3 is 2.09 bits per heavy atom. The van der Waals surface area contributed by atoms with Gasteiger partial charge in [-0.25, -0.2) is 4.39 Å². The second-order valence-electron chi connectivity index (χ2n) is 7.42. The van der Waals surface area contributed by atoms with Crippen molar-refractivity contribution < 1.29 is 14.3 Å². The van der Waals surface area contributed by atoms with E-state index in [0.717, 1.165) is 31.2 Å². The predicted octanol–water partition coefficient (Wildman–Crippen LogP) is 4.16. The van der Waals surface area contributed by atoms with Crippen molar-refractivity contribution in [3.63, 3.8) is 0 Å². The van der Waals surface area contributed by atoms with Crippen molar-refractivity contribution in [1.82, 2.24) is 0 Å². The van der Waals surface area contributed by atoms with Gasteiger partial charge in [-0.15, -0.1) is 0 Å². The number of benzene rings is 1. The van der Waals surface area contributed by atoms with E-state index < -0.39 is 5.97 Å². The molecule has 1 aromatic carbocycles. The minimum absolute atomic E-state index is 0.167. The molecule has 0 spiro atoms. The van der Waals surface area contributed by atoms with Crippen LogP contribution in [0.3, 0.4) is 0 Å². The minimum atomic E-state index is -0.740. The van der Waals surface area contributed by atoms with Crippen molar-refractivity contribution in [1.29, 1.82) is 0 Å². The Bertz CT molecular complexity index is 599. The highest BCUT2D eigenvalue weighted by atomic mass is 19.1. The zero-order valence-corrected chi connectivity index (χ0v) is 12.6. The van der Waals surface area contributed by atoms with E-state index in [4.69, 9.17) is 0 Å². The summed E-state index contributed by atoms with van der Waals surface area (Å²) in [4.78, 5) is 11.6. The van der Waals surface area contributed by atoms with Crippen LogP contribution in [0.15, 0.2) is 36.4 Å². The van der Waals surface area contributed by atoms with E-state index >= 15 is 0 Å². The van der Waals surface area contributed by atoms with Gasteiger partial charge in [0.05, 0.1) is 6.42 Å². The number of carboxylic acid groups (broad SMARTS) is 1. The lowest BCUT2D eigenvalue weighted by Gasteiger charge is -2.62. The van der Waals surface area contributed by atoms with Gasteiger partial charge in [-0.1, -0.05) is 24.3 Å². The SMILES string of the molecule is C=C1C2CC3CC1CC(C2)C3(CC(=O)O)c1ccc(F)cc1. The zero-order chi connectivity index (χ0) is 15.5. The van der Waals surface area contributed by atoms with Crippen molar-refractivity contribution in [3.05, 3.63) is 47.8 Å². The summed E-state index contributed by atoms with van der Waals surface area (Å²) in [6, 6.07) is 6.58. The van der Waals surface area contributed by atoms with E-state index in [1.165, 1.54) is 17.7 Å². The molecule has 22 heavy (non-hydrogen) atoms. The Morgan fingerprint density at radius 1 is 1.14 bits per heavy atom. The molecule has 2 nitrogen and oxygen atoms in total. The summed E-state index contributed by atoms with van der Waals surface area (Å²) in [6.07, 6.45) is 4.37. The lowest BCUT2D eigenvalue weighted by molar-refractivity contribution is -0.143. The molecule has 4 aliphatic rings. The highest BCUT2D eigenvalue weighted by Crippen LogP contribution is 2.65. The summed E-state index contributed by atoms with van der Waals surface area (Å²) < 4.78 is 13.3. The van der Waals surface area contributed by atoms with Crippen molar-refractivity contribution in [2.75, 3.05) is 0 Å². The van der Waals surface area contributed by atoms with Crippen LogP contribution in [0, 0.1) is 29.5 Å². The maximum Gasteiger partial charge on any atom is 0.304 e. The third-order valence-corrected chi connectivity index (χ3v) is 6.61. The second-order valence-corrected chi connectivity index (χ2v) is 7.42. The molecule has 116 valence electrons. The second kappa shape index (κ2) is 4.68. The molecule has 0 aromatic heterocycles. The Balaban J connectivity index is 1.81. The number of halogens is 1. The first-order valence-electron chi connectivity index (χ1n) is 8.17. The molecule has 3 heteroatoms. The van der Waals surface area contributed by atoms with Gasteiger partial charge in [-0.2, -0.15) is 0 Å². The van der Waals surface area contributed by atoms with Gasteiger partial charge >= 0.3 is 5.97 Å². The van der Waals surface area contributed by atoms with Gasteiger partial charge in [-0.3, -0.25) is 4.79 Å². The van der Waals surface area contributed by atoms with E-state index in [9.17, 15) is 14.3 Å². The average molecular weight is 300 g/mol. The van der Waals surface area contributed by atoms with Crippen LogP contribution in [0.2, 0.25) is 0 Å². The van der Waals surface area contributed by atoms with E-state index in [1.54, 1.807) is 0 Å². The molecule has 0 unspecified atom stereocenters. The Labute approximate surface area is 130 Å². The van der Waals surface area contributed by atoms with Gasteiger partial charge in [0.15, 0.2) is 0 Å². The van der Waals surface area contributed by atoms with Crippen LogP contribution in [0.5, 0.6) is 0 Å². The average Bonchev–Trinajstić information content (AvgIpc) is 2.45. The van der Waals surface area contributed by atoms with Crippen LogP contribution < -0.4 is 0 Å². The first kappa shape index (κ1) is 14.0. The van der Waals surface area contributed by atoms with Gasteiger partial charge in [-0.05, 0) is 67.1 Å². The fourth-order valence-electron chi connectivity index (χ4n) is 5.74. The molecule has 0 radical (unpaired) electrons. The first-order valence-corrected chi connectivity index (χ1v) is 8.17. The van der Waals surface area contributed by atoms with E-state index in [0.29, 0.717) is 23.7 Å². The Morgan fingerprint density at radius 2 is 1.64 bits per heavy atom. The lowest BCUT2D eigenvalue weighted by Crippen LogP contribution is -2.57. The summed E-state index contributed by atoms with van der Waals surface area (Å²) >= 11 is 0. The molecule has 0 aliphatic heterocycles. The number of rotatable bonds is 3. The summed E-state index contributed by atoms with van der Waals surface area (Å²) in [6.45, 7) is 4.28. The van der Waals surface area contributed by atoms with Crippen molar-refractivity contribution in [2.24, 2.45) is 23.7 Å². The first-order chi connectivity index (χ1) is 10.5. The van der Waals surface area contributed by atoms with Crippen molar-refractivity contribution >= 4 is 5.97 Å². The van der Waals surface area contributed by atoms with E-state index in [2.05, 4.69) is 6.58 Å². The highest BCUT2D eigenvalue weighted by molar-refractivity contribution is 5.69. The number of carboxylic acids is 1. The van der Waals surface area contributed by atoms with Crippen LogP contribution in [-0.4, -0.2) is 11.1 Å². The molecule has 0 amide bonds. The molecule has 1 aromatic rings. The molecule has 4 saturated carbocycles. The predicted molar refractivity (Wildman–Crippen MR) is 81.9 cm³/mol. The third kappa shape index (κ3) is 1.81. The van der Waals surface area contributed by atoms with Crippen LogP contribution in [-0.2, 0) is 10.2 Å². The Kier molecular flexibility index (Phi) is 2.97. The van der Waals surface area contributed by atoms with Crippen LogP contribution >= 0.6 is 0 Å². The van der Waals surface area contributed by atoms with Gasteiger partial charge in [0.1, 0.15) is 5.82 Å². The Hall–Kier alpha value is -1.64. The smallest absolute Gasteiger partial charge is 0.304 e. The number of hydrogen-bond donors (Lipinski definition) is 1. The maximum atomic E-state index is 13.3. The summed E-state index contributed by atoms with van der Waals surface area (Å²) in [5, 5.41) is 9.54. The molecule has 4 bridgehead atoms. The van der Waals surface area contributed by atoms with E-state index in [1.807, 2.05) is 12.1 Å². The van der Waals surface area contributed by atoms with Crippen molar-refractivity contribution in [3.8, 4) is 0 Å². The minimum Gasteiger partial charge on any atom is -0.481 e. The van der Waals surface area contributed by atoms with Crippen LogP contribution in [0.4, 0.5) is 4.39 Å². The van der Waals surface area contributed by atoms with Gasteiger partial charge in [0.25, 0.3) is 0 Å². The lowest BCUT2D eigenvalue weighted by atomic mass is 9.42. The molecule has 1 N–H and O–H groups in total. The molecule has 4 aliphatic carbocycles. The third-order valence-electron chi connectivity index (χ3n) is 6.61.